The number of rotatable bonds is 2. The first-order valence-electron chi connectivity index (χ1n) is 6.29. The average Bonchev–Trinajstić information content (AvgIpc) is 2.87. The number of Topliss-reactive ketones (excluding diaryl/α,β-unsaturated/α-hetero) is 1. The maximum atomic E-state index is 12.2. The number of nitrogens with zero attached hydrogens (tertiary/aromatic N) is 4. The predicted molar refractivity (Wildman–Crippen MR) is 72.4 cm³/mol. The van der Waals surface area contributed by atoms with Crippen LogP contribution in [-0.2, 0) is 18.4 Å². The zero-order valence-corrected chi connectivity index (χ0v) is 11.5. The average molecular weight is 270 g/mol. The first kappa shape index (κ1) is 12.5. The third kappa shape index (κ3) is 1.72. The largest absolute Gasteiger partial charge is 0.319 e. The Morgan fingerprint density at radius 1 is 1.20 bits per heavy atom. The number of benzene rings is 1. The number of amides is 1. The third-order valence-corrected chi connectivity index (χ3v) is 3.52. The molecule has 1 aliphatic rings. The van der Waals surface area contributed by atoms with E-state index in [1.807, 2.05) is 26.0 Å². The molecule has 0 spiro atoms. The summed E-state index contributed by atoms with van der Waals surface area (Å²) in [5.41, 5.74) is 3.02. The minimum absolute atomic E-state index is 0.247. The number of hydrogen-bond acceptors (Lipinski definition) is 4. The van der Waals surface area contributed by atoms with Crippen molar-refractivity contribution in [3.8, 4) is 0 Å². The van der Waals surface area contributed by atoms with E-state index in [1.54, 1.807) is 17.9 Å². The van der Waals surface area contributed by atoms with Gasteiger partial charge in [-0.05, 0) is 31.0 Å². The van der Waals surface area contributed by atoms with Crippen molar-refractivity contribution in [3.63, 3.8) is 0 Å². The highest BCUT2D eigenvalue weighted by atomic mass is 16.2. The zero-order chi connectivity index (χ0) is 14.4. The zero-order valence-electron chi connectivity index (χ0n) is 11.5. The first-order chi connectivity index (χ1) is 9.49. The summed E-state index contributed by atoms with van der Waals surface area (Å²) in [6.07, 6.45) is 1.57. The standard InChI is InChI=1S/C14H14N4O2/c1-8-4-9(2)12-10(5-8)18(14(20)13(12)19)6-11-16-15-7-17(11)3/h4-5,7H,6H2,1-3H3. The van der Waals surface area contributed by atoms with E-state index in [2.05, 4.69) is 10.2 Å². The summed E-state index contributed by atoms with van der Waals surface area (Å²) in [6, 6.07) is 3.78. The molecule has 20 heavy (non-hydrogen) atoms. The molecule has 0 radical (unpaired) electrons. The lowest BCUT2D eigenvalue weighted by molar-refractivity contribution is -0.114. The van der Waals surface area contributed by atoms with Crippen LogP contribution in [0.15, 0.2) is 18.5 Å². The molecule has 6 heteroatoms. The molecule has 0 atom stereocenters. The summed E-state index contributed by atoms with van der Waals surface area (Å²) in [4.78, 5) is 25.8. The normalized spacial score (nSPS) is 14.1. The van der Waals surface area contributed by atoms with Crippen molar-refractivity contribution in [1.82, 2.24) is 14.8 Å². The van der Waals surface area contributed by atoms with Crippen LogP contribution in [0.1, 0.15) is 27.3 Å². The van der Waals surface area contributed by atoms with Crippen LogP contribution >= 0.6 is 0 Å². The van der Waals surface area contributed by atoms with Gasteiger partial charge in [-0.1, -0.05) is 6.07 Å². The Kier molecular flexibility index (Phi) is 2.67. The lowest BCUT2D eigenvalue weighted by atomic mass is 10.0. The molecule has 1 amide bonds. The van der Waals surface area contributed by atoms with Gasteiger partial charge in [0.25, 0.3) is 11.7 Å². The Labute approximate surface area is 116 Å². The van der Waals surface area contributed by atoms with Crippen molar-refractivity contribution >= 4 is 17.4 Å². The number of aromatic nitrogens is 3. The molecule has 0 N–H and O–H groups in total. The molecule has 0 fully saturated rings. The van der Waals surface area contributed by atoms with Gasteiger partial charge in [-0.15, -0.1) is 10.2 Å². The van der Waals surface area contributed by atoms with Gasteiger partial charge in [0.05, 0.1) is 17.8 Å². The molecular weight excluding hydrogens is 256 g/mol. The van der Waals surface area contributed by atoms with Crippen LogP contribution in [0.25, 0.3) is 0 Å². The monoisotopic (exact) mass is 270 g/mol. The Morgan fingerprint density at radius 2 is 1.95 bits per heavy atom. The number of ketones is 1. The fraction of sp³-hybridized carbons (Fsp3) is 0.286. The molecule has 0 unspecified atom stereocenters. The highest BCUT2D eigenvalue weighted by Gasteiger charge is 2.37. The molecule has 1 aliphatic heterocycles. The van der Waals surface area contributed by atoms with E-state index in [0.29, 0.717) is 17.1 Å². The lowest BCUT2D eigenvalue weighted by Gasteiger charge is -2.16. The van der Waals surface area contributed by atoms with E-state index < -0.39 is 11.7 Å². The highest BCUT2D eigenvalue weighted by Crippen LogP contribution is 2.33. The molecule has 0 bridgehead atoms. The molecule has 0 aliphatic carbocycles. The van der Waals surface area contributed by atoms with Crippen LogP contribution in [-0.4, -0.2) is 26.5 Å². The molecule has 102 valence electrons. The van der Waals surface area contributed by atoms with E-state index >= 15 is 0 Å². The molecule has 6 nitrogen and oxygen atoms in total. The summed E-state index contributed by atoms with van der Waals surface area (Å²) >= 11 is 0. The summed E-state index contributed by atoms with van der Waals surface area (Å²) in [6.45, 7) is 4.04. The van der Waals surface area contributed by atoms with Crippen LogP contribution < -0.4 is 4.90 Å². The summed E-state index contributed by atoms with van der Waals surface area (Å²) in [7, 11) is 1.81. The van der Waals surface area contributed by atoms with Gasteiger partial charge >= 0.3 is 0 Å². The fourth-order valence-electron chi connectivity index (χ4n) is 2.54. The maximum Gasteiger partial charge on any atom is 0.299 e. The van der Waals surface area contributed by atoms with Crippen molar-refractivity contribution in [1.29, 1.82) is 0 Å². The molecule has 2 aromatic rings. The Hall–Kier alpha value is -2.50. The van der Waals surface area contributed by atoms with Gasteiger partial charge in [0.2, 0.25) is 0 Å². The second-order valence-electron chi connectivity index (χ2n) is 5.05. The van der Waals surface area contributed by atoms with Crippen molar-refractivity contribution in [2.75, 3.05) is 4.90 Å². The minimum Gasteiger partial charge on any atom is -0.319 e. The number of anilines is 1. The minimum atomic E-state index is -0.503. The maximum absolute atomic E-state index is 12.2. The summed E-state index contributed by atoms with van der Waals surface area (Å²) in [5.74, 6) is -0.311. The Bertz CT molecular complexity index is 733. The van der Waals surface area contributed by atoms with Crippen LogP contribution in [0.5, 0.6) is 0 Å². The number of carbonyl (C=O) groups is 2. The van der Waals surface area contributed by atoms with Crippen molar-refractivity contribution in [3.05, 3.63) is 41.0 Å². The molecular formula is C14H14N4O2. The van der Waals surface area contributed by atoms with Crippen LogP contribution in [0.3, 0.4) is 0 Å². The molecule has 3 rings (SSSR count). The molecule has 2 heterocycles. The summed E-state index contributed by atoms with van der Waals surface area (Å²) in [5, 5.41) is 7.75. The van der Waals surface area contributed by atoms with Gasteiger partial charge in [0.15, 0.2) is 5.82 Å². The smallest absolute Gasteiger partial charge is 0.299 e. The molecule has 0 saturated heterocycles. The quantitative estimate of drug-likeness (QED) is 0.768. The molecule has 1 aromatic heterocycles. The van der Waals surface area contributed by atoms with Gasteiger partial charge in [0, 0.05) is 7.05 Å². The predicted octanol–water partition coefficient (Wildman–Crippen LogP) is 1.16. The third-order valence-electron chi connectivity index (χ3n) is 3.52. The van der Waals surface area contributed by atoms with Crippen molar-refractivity contribution in [2.24, 2.45) is 7.05 Å². The highest BCUT2D eigenvalue weighted by molar-refractivity contribution is 6.52. The molecule has 1 aromatic carbocycles. The van der Waals surface area contributed by atoms with Crippen LogP contribution in [0.4, 0.5) is 5.69 Å². The van der Waals surface area contributed by atoms with Gasteiger partial charge in [-0.3, -0.25) is 14.5 Å². The van der Waals surface area contributed by atoms with Crippen molar-refractivity contribution in [2.45, 2.75) is 20.4 Å². The van der Waals surface area contributed by atoms with Crippen LogP contribution in [0.2, 0.25) is 0 Å². The van der Waals surface area contributed by atoms with Gasteiger partial charge in [-0.25, -0.2) is 0 Å². The number of hydrogen-bond donors (Lipinski definition) is 0. The SMILES string of the molecule is Cc1cc(C)c2c(c1)N(Cc1nncn1C)C(=O)C2=O. The lowest BCUT2D eigenvalue weighted by Crippen LogP contribution is -2.30. The summed E-state index contributed by atoms with van der Waals surface area (Å²) < 4.78 is 1.73. The van der Waals surface area contributed by atoms with E-state index in [0.717, 1.165) is 11.1 Å². The Morgan fingerprint density at radius 3 is 2.60 bits per heavy atom. The van der Waals surface area contributed by atoms with E-state index in [1.165, 1.54) is 4.90 Å². The second-order valence-corrected chi connectivity index (χ2v) is 5.05. The van der Waals surface area contributed by atoms with E-state index in [4.69, 9.17) is 0 Å². The fourth-order valence-corrected chi connectivity index (χ4v) is 2.54. The number of aryl methyl sites for hydroxylation is 3. The number of carbonyl (C=O) groups excluding carboxylic acids is 2. The van der Waals surface area contributed by atoms with Gasteiger partial charge in [0.1, 0.15) is 6.33 Å². The second kappa shape index (κ2) is 4.26. The topological polar surface area (TPSA) is 68.1 Å². The van der Waals surface area contributed by atoms with Gasteiger partial charge in [-0.2, -0.15) is 0 Å². The number of fused-ring (bicyclic) bond motifs is 1. The van der Waals surface area contributed by atoms with E-state index in [9.17, 15) is 9.59 Å². The van der Waals surface area contributed by atoms with Crippen molar-refractivity contribution < 1.29 is 9.59 Å². The Balaban J connectivity index is 2.09. The van der Waals surface area contributed by atoms with E-state index in [-0.39, 0.29) is 6.54 Å². The molecule has 0 saturated carbocycles. The van der Waals surface area contributed by atoms with Gasteiger partial charge < -0.3 is 4.57 Å². The van der Waals surface area contributed by atoms with Crippen LogP contribution in [0, 0.1) is 13.8 Å². The first-order valence-corrected chi connectivity index (χ1v) is 6.29.